The molecule has 0 aromatic carbocycles. The summed E-state index contributed by atoms with van der Waals surface area (Å²) in [4.78, 5) is 26.5. The Labute approximate surface area is 226 Å². The zero-order valence-electron chi connectivity index (χ0n) is 23.1. The highest BCUT2D eigenvalue weighted by Crippen LogP contribution is 2.70. The molecule has 4 saturated carbocycles. The Kier molecular flexibility index (Phi) is 6.83. The lowest BCUT2D eigenvalue weighted by molar-refractivity contribution is -0.208. The van der Waals surface area contributed by atoms with Crippen molar-refractivity contribution in [2.75, 3.05) is 32.8 Å². The lowest BCUT2D eigenvalue weighted by Gasteiger charge is -2.63. The van der Waals surface area contributed by atoms with E-state index < -0.39 is 5.60 Å². The summed E-state index contributed by atoms with van der Waals surface area (Å²) in [6, 6.07) is 0. The molecule has 2 heterocycles. The highest BCUT2D eigenvalue weighted by Gasteiger charge is 2.67. The molecule has 3 N–H and O–H groups in total. The predicted molar refractivity (Wildman–Crippen MR) is 141 cm³/mol. The van der Waals surface area contributed by atoms with E-state index in [4.69, 9.17) is 9.47 Å². The molecule has 2 aliphatic heterocycles. The quantitative estimate of drug-likeness (QED) is 0.468. The Hall–Kier alpha value is -1.64. The minimum absolute atomic E-state index is 0.0436. The van der Waals surface area contributed by atoms with E-state index in [1.54, 1.807) is 6.08 Å². The van der Waals surface area contributed by atoms with Crippen molar-refractivity contribution in [2.45, 2.75) is 95.9 Å². The van der Waals surface area contributed by atoms with E-state index in [1.807, 2.05) is 0 Å². The van der Waals surface area contributed by atoms with Gasteiger partial charge in [-0.3, -0.25) is 4.90 Å². The number of rotatable bonds is 5. The number of ether oxygens (including phenoxy) is 2. The van der Waals surface area contributed by atoms with E-state index in [0.29, 0.717) is 31.5 Å². The number of likely N-dealkylation sites (tertiary alicyclic amines) is 1. The molecule has 6 rings (SSSR count). The summed E-state index contributed by atoms with van der Waals surface area (Å²) >= 11 is 0. The molecule has 4 aliphatic carbocycles. The van der Waals surface area contributed by atoms with Crippen molar-refractivity contribution in [3.05, 3.63) is 11.6 Å². The number of hydrogen-bond acceptors (Lipinski definition) is 7. The first-order valence-corrected chi connectivity index (χ1v) is 15.1. The maximum absolute atomic E-state index is 12.5. The van der Waals surface area contributed by atoms with Gasteiger partial charge in [0.25, 0.3) is 0 Å². The maximum Gasteiger partial charge on any atom is 0.407 e. The largest absolute Gasteiger partial charge is 0.458 e. The summed E-state index contributed by atoms with van der Waals surface area (Å²) in [5.41, 5.74) is 0.347. The van der Waals surface area contributed by atoms with Crippen LogP contribution in [0.3, 0.4) is 0 Å². The van der Waals surface area contributed by atoms with Crippen molar-refractivity contribution in [2.24, 2.45) is 34.5 Å². The summed E-state index contributed by atoms with van der Waals surface area (Å²) in [5, 5.41) is 24.9. The van der Waals surface area contributed by atoms with Crippen molar-refractivity contribution < 1.29 is 29.3 Å². The molecule has 0 unspecified atom stereocenters. The first kappa shape index (κ1) is 26.6. The minimum atomic E-state index is -0.695. The second kappa shape index (κ2) is 9.77. The van der Waals surface area contributed by atoms with Gasteiger partial charge in [0.15, 0.2) is 0 Å². The molecule has 212 valence electrons. The number of hydrogen-bond donors (Lipinski definition) is 3. The molecule has 0 spiro atoms. The van der Waals surface area contributed by atoms with Gasteiger partial charge in [-0.05, 0) is 98.9 Å². The molecule has 0 radical (unpaired) electrons. The fraction of sp³-hybridized carbons (Fsp3) is 0.867. The molecule has 0 aromatic heterocycles. The van der Waals surface area contributed by atoms with Gasteiger partial charge >= 0.3 is 12.1 Å². The molecule has 9 atom stereocenters. The molecule has 6 aliphatic rings. The molecule has 0 bridgehead atoms. The molecule has 5 fully saturated rings. The highest BCUT2D eigenvalue weighted by molar-refractivity contribution is 5.85. The number of cyclic esters (lactones) is 1. The van der Waals surface area contributed by atoms with Crippen molar-refractivity contribution in [1.29, 1.82) is 0 Å². The molecular formula is C30H46N2O6. The summed E-state index contributed by atoms with van der Waals surface area (Å²) < 4.78 is 11.1. The number of nitrogens with one attached hydrogen (secondary N) is 1. The molecule has 0 aromatic rings. The monoisotopic (exact) mass is 530 g/mol. The van der Waals surface area contributed by atoms with Gasteiger partial charge in [0.05, 0.1) is 11.7 Å². The van der Waals surface area contributed by atoms with Crippen molar-refractivity contribution in [3.63, 3.8) is 0 Å². The molecular weight excluding hydrogens is 484 g/mol. The van der Waals surface area contributed by atoms with Crippen LogP contribution in [0.4, 0.5) is 4.79 Å². The Bertz CT molecular complexity index is 986. The highest BCUT2D eigenvalue weighted by atomic mass is 16.6. The lowest BCUT2D eigenvalue weighted by Crippen LogP contribution is -2.62. The number of fused-ring (bicyclic) bond motifs is 5. The second-order valence-electron chi connectivity index (χ2n) is 13.8. The number of aliphatic hydroxyl groups is 2. The number of carbonyl (C=O) groups is 2. The lowest BCUT2D eigenvalue weighted by atomic mass is 9.43. The zero-order chi connectivity index (χ0) is 26.7. The van der Waals surface area contributed by atoms with Gasteiger partial charge in [-0.1, -0.05) is 13.8 Å². The summed E-state index contributed by atoms with van der Waals surface area (Å²) in [6.45, 7) is 7.95. The SMILES string of the molecule is C[C@]12CC[C@H](OC(=O)NCCN3CC[C@H](O)C3)C[C@H]1CC[C@@H]1[C@@H]2CC[C@]2(C)[C@@H](C3=CC(=O)OC3)CC[C@]12O. The van der Waals surface area contributed by atoms with E-state index in [-0.39, 0.29) is 46.9 Å². The predicted octanol–water partition coefficient (Wildman–Crippen LogP) is 3.40. The standard InChI is InChI=1S/C30H46N2O6/c1-28-9-5-22(38-27(35)31-12-14-32-13-8-21(33)17-32)16-20(28)3-4-25-24(28)6-10-29(2)23(7-11-30(25,29)36)19-15-26(34)37-18-19/h15,20-25,33,36H,3-14,16-18H2,1-2H3,(H,31,35)/t20-,21+,22+,23-,24+,25-,28+,29-,30+/m1/s1. The summed E-state index contributed by atoms with van der Waals surface area (Å²) in [6.07, 6.45) is 10.6. The van der Waals surface area contributed by atoms with E-state index in [0.717, 1.165) is 82.9 Å². The van der Waals surface area contributed by atoms with Gasteiger partial charge in [-0.2, -0.15) is 0 Å². The van der Waals surface area contributed by atoms with Crippen LogP contribution in [-0.2, 0) is 14.3 Å². The number of aliphatic hydroxyl groups excluding tert-OH is 1. The fourth-order valence-corrected chi connectivity index (χ4v) is 10.0. The Balaban J connectivity index is 1.06. The van der Waals surface area contributed by atoms with Crippen LogP contribution >= 0.6 is 0 Å². The van der Waals surface area contributed by atoms with E-state index in [1.165, 1.54) is 0 Å². The van der Waals surface area contributed by atoms with E-state index in [9.17, 15) is 19.8 Å². The van der Waals surface area contributed by atoms with Crippen LogP contribution in [0, 0.1) is 34.5 Å². The van der Waals surface area contributed by atoms with Gasteiger partial charge < -0.3 is 25.0 Å². The smallest absolute Gasteiger partial charge is 0.407 e. The third kappa shape index (κ3) is 4.29. The van der Waals surface area contributed by atoms with Crippen LogP contribution in [0.5, 0.6) is 0 Å². The van der Waals surface area contributed by atoms with Crippen LogP contribution < -0.4 is 5.32 Å². The van der Waals surface area contributed by atoms with Crippen LogP contribution in [0.25, 0.3) is 0 Å². The number of alkyl carbamates (subject to hydrolysis) is 1. The normalized spacial score (nSPS) is 46.5. The van der Waals surface area contributed by atoms with Crippen molar-refractivity contribution >= 4 is 12.1 Å². The molecule has 8 nitrogen and oxygen atoms in total. The molecule has 8 heteroatoms. The third-order valence-corrected chi connectivity index (χ3v) is 12.2. The summed E-state index contributed by atoms with van der Waals surface area (Å²) in [5.74, 6) is 1.27. The molecule has 38 heavy (non-hydrogen) atoms. The maximum atomic E-state index is 12.5. The molecule has 1 saturated heterocycles. The van der Waals surface area contributed by atoms with Gasteiger partial charge in [-0.15, -0.1) is 0 Å². The van der Waals surface area contributed by atoms with E-state index >= 15 is 0 Å². The zero-order valence-corrected chi connectivity index (χ0v) is 23.1. The van der Waals surface area contributed by atoms with Gasteiger partial charge in [-0.25, -0.2) is 9.59 Å². The van der Waals surface area contributed by atoms with Crippen LogP contribution in [0.1, 0.15) is 78.1 Å². The van der Waals surface area contributed by atoms with E-state index in [2.05, 4.69) is 24.1 Å². The van der Waals surface area contributed by atoms with Gasteiger partial charge in [0.2, 0.25) is 0 Å². The topological polar surface area (TPSA) is 108 Å². The van der Waals surface area contributed by atoms with Crippen LogP contribution in [-0.4, -0.2) is 77.8 Å². The van der Waals surface area contributed by atoms with Crippen molar-refractivity contribution in [1.82, 2.24) is 10.2 Å². The van der Waals surface area contributed by atoms with Crippen molar-refractivity contribution in [3.8, 4) is 0 Å². The number of nitrogens with zero attached hydrogens (tertiary/aromatic N) is 1. The Morgan fingerprint density at radius 3 is 2.71 bits per heavy atom. The number of carbonyl (C=O) groups excluding carboxylic acids is 2. The fourth-order valence-electron chi connectivity index (χ4n) is 10.0. The third-order valence-electron chi connectivity index (χ3n) is 12.2. The first-order chi connectivity index (χ1) is 18.1. The van der Waals surface area contributed by atoms with Crippen LogP contribution in [0.2, 0.25) is 0 Å². The minimum Gasteiger partial charge on any atom is -0.458 e. The average molecular weight is 531 g/mol. The second-order valence-corrected chi connectivity index (χ2v) is 13.8. The Morgan fingerprint density at radius 2 is 1.97 bits per heavy atom. The average Bonchev–Trinajstić information content (AvgIpc) is 3.56. The molecule has 1 amide bonds. The first-order valence-electron chi connectivity index (χ1n) is 15.1. The van der Waals surface area contributed by atoms with Crippen LogP contribution in [0.15, 0.2) is 11.6 Å². The summed E-state index contributed by atoms with van der Waals surface area (Å²) in [7, 11) is 0. The number of amides is 1. The number of esters is 1. The number of β-amino-alcohol motifs (C(OH)–C–C–N with tert-alkyl or cyclic N) is 1. The van der Waals surface area contributed by atoms with Gasteiger partial charge in [0, 0.05) is 37.7 Å². The van der Waals surface area contributed by atoms with Gasteiger partial charge in [0.1, 0.15) is 12.7 Å². The Morgan fingerprint density at radius 1 is 1.13 bits per heavy atom.